The molecule has 3 nitrogen and oxygen atoms in total. The topological polar surface area (TPSA) is 38.9 Å². The Bertz CT molecular complexity index is 3260. The Balaban J connectivity index is 0.991. The van der Waals surface area contributed by atoms with E-state index < -0.39 is 0 Å². The summed E-state index contributed by atoms with van der Waals surface area (Å²) in [5.74, 6) is 0.876. The van der Waals surface area contributed by atoms with Gasteiger partial charge in [0.25, 0.3) is 0 Å². The van der Waals surface area contributed by atoms with E-state index in [1.54, 1.807) is 0 Å². The highest BCUT2D eigenvalue weighted by Crippen LogP contribution is 2.55. The maximum atomic E-state index is 6.87. The number of hydrogen-bond donors (Lipinski definition) is 0. The van der Waals surface area contributed by atoms with Crippen LogP contribution in [0.3, 0.4) is 0 Å². The summed E-state index contributed by atoms with van der Waals surface area (Å²) in [6.45, 7) is 4.81. The van der Waals surface area contributed by atoms with Crippen molar-refractivity contribution in [3.05, 3.63) is 216 Å². The third-order valence-corrected chi connectivity index (χ3v) is 13.1. The van der Waals surface area contributed by atoms with Crippen molar-refractivity contribution in [1.82, 2.24) is 9.97 Å². The fourth-order valence-corrected chi connectivity index (χ4v) is 10.3. The standard InChI is InChI=1S/C57H40N2O/c1-57(2)50-27-14-13-23-42(50)43-30-29-41-38-20-9-10-21-39(38)47(33-49(41)54(43)57)37-28-31-53-48(32-37)45-26-15-25-44(55(45)60-53)40-22-11-12-24-46(40)56-58-51(35-16-5-3-6-17-35)34-52(59-56)36-18-7-4-8-19-36/h3-32,34,47H,33H2,1-2H3. The Hall–Kier alpha value is -7.36. The summed E-state index contributed by atoms with van der Waals surface area (Å²) >= 11 is 0. The minimum Gasteiger partial charge on any atom is -0.455 e. The van der Waals surface area contributed by atoms with Crippen LogP contribution in [0.4, 0.5) is 0 Å². The summed E-state index contributed by atoms with van der Waals surface area (Å²) in [7, 11) is 0. The fourth-order valence-electron chi connectivity index (χ4n) is 10.3. The summed E-state index contributed by atoms with van der Waals surface area (Å²) in [5.41, 5.74) is 21.0. The second-order valence-electron chi connectivity index (χ2n) is 16.8. The van der Waals surface area contributed by atoms with Crippen molar-refractivity contribution in [1.29, 1.82) is 0 Å². The van der Waals surface area contributed by atoms with Gasteiger partial charge in [-0.3, -0.25) is 0 Å². The molecule has 3 heteroatoms. The number of fused-ring (bicyclic) bond motifs is 10. The van der Waals surface area contributed by atoms with Crippen molar-refractivity contribution in [3.8, 4) is 67.3 Å². The van der Waals surface area contributed by atoms with Crippen molar-refractivity contribution >= 4 is 21.9 Å². The van der Waals surface area contributed by atoms with E-state index in [1.807, 2.05) is 12.1 Å². The molecule has 2 aliphatic rings. The Morgan fingerprint density at radius 2 is 1.10 bits per heavy atom. The van der Waals surface area contributed by atoms with Gasteiger partial charge in [0.1, 0.15) is 11.2 Å². The molecule has 12 rings (SSSR count). The fraction of sp³-hybridized carbons (Fsp3) is 0.0877. The number of benzene rings is 8. The molecule has 284 valence electrons. The summed E-state index contributed by atoms with van der Waals surface area (Å²) in [4.78, 5) is 10.4. The van der Waals surface area contributed by atoms with Crippen LogP contribution in [-0.2, 0) is 11.8 Å². The smallest absolute Gasteiger partial charge is 0.161 e. The normalized spacial score (nSPS) is 14.7. The third-order valence-electron chi connectivity index (χ3n) is 13.1. The second-order valence-corrected chi connectivity index (χ2v) is 16.8. The molecule has 8 aromatic carbocycles. The zero-order chi connectivity index (χ0) is 40.0. The second kappa shape index (κ2) is 13.3. The lowest BCUT2D eigenvalue weighted by Crippen LogP contribution is -2.21. The molecular weight excluding hydrogens is 729 g/mol. The van der Waals surface area contributed by atoms with Crippen LogP contribution in [0.2, 0.25) is 0 Å². The molecule has 0 saturated carbocycles. The molecule has 0 amide bonds. The monoisotopic (exact) mass is 768 g/mol. The first-order chi connectivity index (χ1) is 29.5. The average Bonchev–Trinajstić information content (AvgIpc) is 3.80. The Labute approximate surface area is 349 Å². The lowest BCUT2D eigenvalue weighted by atomic mass is 9.70. The van der Waals surface area contributed by atoms with E-state index in [2.05, 4.69) is 190 Å². The van der Waals surface area contributed by atoms with Gasteiger partial charge in [-0.25, -0.2) is 9.97 Å². The van der Waals surface area contributed by atoms with Gasteiger partial charge in [-0.05, 0) is 80.3 Å². The van der Waals surface area contributed by atoms with Gasteiger partial charge in [0.15, 0.2) is 5.82 Å². The molecule has 0 spiro atoms. The maximum Gasteiger partial charge on any atom is 0.161 e. The van der Waals surface area contributed by atoms with Gasteiger partial charge in [-0.1, -0.05) is 184 Å². The number of furan rings is 1. The number of aromatic nitrogens is 2. The Kier molecular flexibility index (Phi) is 7.71. The van der Waals surface area contributed by atoms with Crippen LogP contribution in [0.15, 0.2) is 192 Å². The van der Waals surface area contributed by atoms with Crippen LogP contribution in [0.25, 0.3) is 89.2 Å². The van der Waals surface area contributed by atoms with Crippen LogP contribution in [0.1, 0.15) is 47.6 Å². The van der Waals surface area contributed by atoms with Crippen LogP contribution >= 0.6 is 0 Å². The highest BCUT2D eigenvalue weighted by molar-refractivity contribution is 6.10. The van der Waals surface area contributed by atoms with Gasteiger partial charge in [0.05, 0.1) is 11.4 Å². The van der Waals surface area contributed by atoms with E-state index in [0.717, 1.165) is 67.6 Å². The van der Waals surface area contributed by atoms with E-state index in [4.69, 9.17) is 14.4 Å². The molecule has 2 aliphatic carbocycles. The van der Waals surface area contributed by atoms with Gasteiger partial charge in [-0.15, -0.1) is 0 Å². The molecule has 0 fully saturated rings. The summed E-state index contributed by atoms with van der Waals surface area (Å²) in [6.07, 6.45) is 0.944. The lowest BCUT2D eigenvalue weighted by Gasteiger charge is -2.33. The van der Waals surface area contributed by atoms with Gasteiger partial charge in [-0.2, -0.15) is 0 Å². The molecular formula is C57H40N2O. The summed E-state index contributed by atoms with van der Waals surface area (Å²) < 4.78 is 6.87. The highest BCUT2D eigenvalue weighted by Gasteiger charge is 2.40. The van der Waals surface area contributed by atoms with Gasteiger partial charge in [0, 0.05) is 44.4 Å². The molecule has 2 aromatic heterocycles. The first-order valence-electron chi connectivity index (χ1n) is 20.9. The predicted molar refractivity (Wildman–Crippen MR) is 246 cm³/mol. The minimum absolute atomic E-state index is 0.0808. The van der Waals surface area contributed by atoms with E-state index >= 15 is 0 Å². The quantitative estimate of drug-likeness (QED) is 0.175. The molecule has 2 heterocycles. The summed E-state index contributed by atoms with van der Waals surface area (Å²) in [6, 6.07) is 67.4. The number of hydrogen-bond acceptors (Lipinski definition) is 3. The van der Waals surface area contributed by atoms with Crippen LogP contribution in [0.5, 0.6) is 0 Å². The number of rotatable bonds is 5. The summed E-state index contributed by atoms with van der Waals surface area (Å²) in [5, 5.41) is 2.23. The minimum atomic E-state index is -0.0808. The van der Waals surface area contributed by atoms with Crippen LogP contribution in [-0.4, -0.2) is 9.97 Å². The highest BCUT2D eigenvalue weighted by atomic mass is 16.3. The van der Waals surface area contributed by atoms with E-state index in [0.29, 0.717) is 5.82 Å². The van der Waals surface area contributed by atoms with E-state index in [1.165, 1.54) is 50.1 Å². The molecule has 0 N–H and O–H groups in total. The average molecular weight is 769 g/mol. The first-order valence-corrected chi connectivity index (χ1v) is 20.9. The van der Waals surface area contributed by atoms with Crippen LogP contribution in [0, 0.1) is 0 Å². The molecule has 60 heavy (non-hydrogen) atoms. The van der Waals surface area contributed by atoms with Gasteiger partial charge in [0.2, 0.25) is 0 Å². The van der Waals surface area contributed by atoms with E-state index in [-0.39, 0.29) is 11.3 Å². The number of nitrogens with zero attached hydrogens (tertiary/aromatic N) is 2. The van der Waals surface area contributed by atoms with E-state index in [9.17, 15) is 0 Å². The molecule has 0 saturated heterocycles. The van der Waals surface area contributed by atoms with Crippen molar-refractivity contribution in [2.75, 3.05) is 0 Å². The van der Waals surface area contributed by atoms with Crippen molar-refractivity contribution in [2.24, 2.45) is 0 Å². The SMILES string of the molecule is CC1(C)c2ccccc2-c2ccc3c(c21)CC(c1ccc2oc4c(-c5ccccc5-c5nc(-c6ccccc6)cc(-c6ccccc6)n5)cccc4c2c1)c1ccccc1-3. The predicted octanol–water partition coefficient (Wildman–Crippen LogP) is 14.7. The zero-order valence-corrected chi connectivity index (χ0v) is 33.5. The third kappa shape index (κ3) is 5.29. The molecule has 1 atom stereocenters. The maximum absolute atomic E-state index is 6.87. The zero-order valence-electron chi connectivity index (χ0n) is 33.5. The van der Waals surface area contributed by atoms with Crippen molar-refractivity contribution in [2.45, 2.75) is 31.6 Å². The first kappa shape index (κ1) is 34.7. The molecule has 0 aliphatic heterocycles. The van der Waals surface area contributed by atoms with Crippen molar-refractivity contribution < 1.29 is 4.42 Å². The van der Waals surface area contributed by atoms with Gasteiger partial charge >= 0.3 is 0 Å². The lowest BCUT2D eigenvalue weighted by molar-refractivity contribution is 0.643. The molecule has 10 aromatic rings. The van der Waals surface area contributed by atoms with Gasteiger partial charge < -0.3 is 4.42 Å². The Morgan fingerprint density at radius 3 is 1.85 bits per heavy atom. The molecule has 1 unspecified atom stereocenters. The molecule has 0 radical (unpaired) electrons. The Morgan fingerprint density at radius 1 is 0.483 bits per heavy atom. The number of para-hydroxylation sites is 1. The largest absolute Gasteiger partial charge is 0.455 e. The van der Waals surface area contributed by atoms with Crippen LogP contribution < -0.4 is 0 Å². The molecule has 0 bridgehead atoms. The van der Waals surface area contributed by atoms with Crippen molar-refractivity contribution in [3.63, 3.8) is 0 Å².